The molecule has 1 heterocycles. The van der Waals surface area contributed by atoms with Gasteiger partial charge in [-0.15, -0.1) is 0 Å². The average Bonchev–Trinajstić information content (AvgIpc) is 2.53. The molecule has 0 unspecified atom stereocenters. The summed E-state index contributed by atoms with van der Waals surface area (Å²) in [5.74, 6) is 0.906. The standard InChI is InChI=1S/C16H26N2O/c1-16(2)7-4-9-18(10-8-16)12-13-5-6-14(17)11-15(13)19-3/h5-6,11H,4,7-10,12,17H2,1-3H3. The molecule has 1 aliphatic rings. The third-order valence-electron chi connectivity index (χ3n) is 4.14. The van der Waals surface area contributed by atoms with E-state index < -0.39 is 0 Å². The van der Waals surface area contributed by atoms with Crippen molar-refractivity contribution in [2.24, 2.45) is 5.41 Å². The number of methoxy groups -OCH3 is 1. The number of nitrogens with two attached hydrogens (primary N) is 1. The zero-order chi connectivity index (χ0) is 13.9. The van der Waals surface area contributed by atoms with E-state index in [0.717, 1.165) is 18.0 Å². The Kier molecular flexibility index (Phi) is 4.35. The van der Waals surface area contributed by atoms with Crippen LogP contribution in [-0.2, 0) is 6.54 Å². The predicted octanol–water partition coefficient (Wildman–Crippen LogP) is 3.29. The maximum atomic E-state index is 5.80. The summed E-state index contributed by atoms with van der Waals surface area (Å²) >= 11 is 0. The van der Waals surface area contributed by atoms with Crippen LogP contribution in [0.3, 0.4) is 0 Å². The van der Waals surface area contributed by atoms with E-state index >= 15 is 0 Å². The quantitative estimate of drug-likeness (QED) is 0.850. The van der Waals surface area contributed by atoms with E-state index in [1.807, 2.05) is 12.1 Å². The molecule has 1 aromatic rings. The van der Waals surface area contributed by atoms with Crippen molar-refractivity contribution >= 4 is 5.69 Å². The fourth-order valence-electron chi connectivity index (χ4n) is 2.77. The Labute approximate surface area is 116 Å². The SMILES string of the molecule is COc1cc(N)ccc1CN1CCCC(C)(C)CC1. The van der Waals surface area contributed by atoms with Crippen molar-refractivity contribution < 1.29 is 4.74 Å². The average molecular weight is 262 g/mol. The van der Waals surface area contributed by atoms with Crippen molar-refractivity contribution in [1.82, 2.24) is 4.90 Å². The van der Waals surface area contributed by atoms with Crippen molar-refractivity contribution in [1.29, 1.82) is 0 Å². The highest BCUT2D eigenvalue weighted by Crippen LogP contribution is 2.31. The first kappa shape index (κ1) is 14.2. The van der Waals surface area contributed by atoms with Gasteiger partial charge in [0, 0.05) is 23.9 Å². The largest absolute Gasteiger partial charge is 0.496 e. The number of benzene rings is 1. The van der Waals surface area contributed by atoms with Gasteiger partial charge in [-0.25, -0.2) is 0 Å². The van der Waals surface area contributed by atoms with Gasteiger partial charge < -0.3 is 10.5 Å². The third-order valence-corrected chi connectivity index (χ3v) is 4.14. The van der Waals surface area contributed by atoms with E-state index in [4.69, 9.17) is 10.5 Å². The van der Waals surface area contributed by atoms with Crippen LogP contribution in [0.4, 0.5) is 5.69 Å². The minimum Gasteiger partial charge on any atom is -0.496 e. The first-order valence-corrected chi connectivity index (χ1v) is 7.15. The molecule has 0 amide bonds. The van der Waals surface area contributed by atoms with Gasteiger partial charge in [0.05, 0.1) is 7.11 Å². The van der Waals surface area contributed by atoms with Crippen LogP contribution in [0.2, 0.25) is 0 Å². The van der Waals surface area contributed by atoms with Gasteiger partial charge in [0.2, 0.25) is 0 Å². The lowest BCUT2D eigenvalue weighted by molar-refractivity contribution is 0.252. The smallest absolute Gasteiger partial charge is 0.125 e. The molecule has 0 aliphatic carbocycles. The first-order chi connectivity index (χ1) is 9.00. The molecule has 19 heavy (non-hydrogen) atoms. The van der Waals surface area contributed by atoms with Crippen LogP contribution in [0.25, 0.3) is 0 Å². The second-order valence-corrected chi connectivity index (χ2v) is 6.37. The van der Waals surface area contributed by atoms with Crippen LogP contribution in [0.15, 0.2) is 18.2 Å². The number of anilines is 1. The van der Waals surface area contributed by atoms with Crippen LogP contribution in [0.5, 0.6) is 5.75 Å². The number of nitrogens with zero attached hydrogens (tertiary/aromatic N) is 1. The van der Waals surface area contributed by atoms with Crippen molar-refractivity contribution in [3.05, 3.63) is 23.8 Å². The number of hydrogen-bond acceptors (Lipinski definition) is 3. The van der Waals surface area contributed by atoms with E-state index in [2.05, 4.69) is 24.8 Å². The lowest BCUT2D eigenvalue weighted by atomic mass is 9.85. The lowest BCUT2D eigenvalue weighted by Gasteiger charge is -2.24. The highest BCUT2D eigenvalue weighted by atomic mass is 16.5. The fourth-order valence-corrected chi connectivity index (χ4v) is 2.77. The molecule has 1 aliphatic heterocycles. The zero-order valence-corrected chi connectivity index (χ0v) is 12.4. The van der Waals surface area contributed by atoms with Crippen LogP contribution in [0, 0.1) is 5.41 Å². The summed E-state index contributed by atoms with van der Waals surface area (Å²) in [7, 11) is 1.71. The molecule has 2 rings (SSSR count). The topological polar surface area (TPSA) is 38.5 Å². The number of hydrogen-bond donors (Lipinski definition) is 1. The molecule has 1 aromatic carbocycles. The summed E-state index contributed by atoms with van der Waals surface area (Å²) in [6.45, 7) is 8.05. The van der Waals surface area contributed by atoms with Crippen LogP contribution >= 0.6 is 0 Å². The van der Waals surface area contributed by atoms with Gasteiger partial charge in [-0.3, -0.25) is 4.90 Å². The lowest BCUT2D eigenvalue weighted by Crippen LogP contribution is -2.25. The van der Waals surface area contributed by atoms with Crippen LogP contribution in [-0.4, -0.2) is 25.1 Å². The monoisotopic (exact) mass is 262 g/mol. The molecule has 2 N–H and O–H groups in total. The summed E-state index contributed by atoms with van der Waals surface area (Å²) in [6.07, 6.45) is 3.87. The number of rotatable bonds is 3. The van der Waals surface area contributed by atoms with E-state index in [1.54, 1.807) is 7.11 Å². The summed E-state index contributed by atoms with van der Waals surface area (Å²) in [5.41, 5.74) is 8.28. The molecule has 3 heteroatoms. The van der Waals surface area contributed by atoms with E-state index in [0.29, 0.717) is 5.41 Å². The molecular weight excluding hydrogens is 236 g/mol. The number of ether oxygens (including phenoxy) is 1. The minimum absolute atomic E-state index is 0.486. The normalized spacial score (nSPS) is 19.9. The van der Waals surface area contributed by atoms with E-state index in [1.165, 1.54) is 37.9 Å². The van der Waals surface area contributed by atoms with Gasteiger partial charge in [-0.1, -0.05) is 19.9 Å². The van der Waals surface area contributed by atoms with Gasteiger partial charge in [0.25, 0.3) is 0 Å². The van der Waals surface area contributed by atoms with Crippen molar-refractivity contribution in [2.45, 2.75) is 39.7 Å². The van der Waals surface area contributed by atoms with Gasteiger partial charge in [-0.2, -0.15) is 0 Å². The zero-order valence-electron chi connectivity index (χ0n) is 12.4. The molecule has 0 aromatic heterocycles. The molecule has 0 radical (unpaired) electrons. The summed E-state index contributed by atoms with van der Waals surface area (Å²) in [6, 6.07) is 5.96. The molecule has 3 nitrogen and oxygen atoms in total. The van der Waals surface area contributed by atoms with Gasteiger partial charge >= 0.3 is 0 Å². The highest BCUT2D eigenvalue weighted by Gasteiger charge is 2.23. The Morgan fingerprint density at radius 3 is 2.79 bits per heavy atom. The Balaban J connectivity index is 2.05. The molecule has 0 atom stereocenters. The number of nitrogen functional groups attached to an aromatic ring is 1. The summed E-state index contributed by atoms with van der Waals surface area (Å²) < 4.78 is 5.43. The van der Waals surface area contributed by atoms with E-state index in [9.17, 15) is 0 Å². The van der Waals surface area contributed by atoms with Crippen molar-refractivity contribution in [3.63, 3.8) is 0 Å². The summed E-state index contributed by atoms with van der Waals surface area (Å²) in [5, 5.41) is 0. The molecule has 1 fully saturated rings. The molecule has 1 saturated heterocycles. The summed E-state index contributed by atoms with van der Waals surface area (Å²) in [4.78, 5) is 2.53. The Morgan fingerprint density at radius 2 is 2.05 bits per heavy atom. The molecule has 0 bridgehead atoms. The maximum Gasteiger partial charge on any atom is 0.125 e. The predicted molar refractivity (Wildman–Crippen MR) is 80.3 cm³/mol. The van der Waals surface area contributed by atoms with Gasteiger partial charge in [0.15, 0.2) is 0 Å². The molecule has 106 valence electrons. The molecular formula is C16H26N2O. The van der Waals surface area contributed by atoms with Crippen molar-refractivity contribution in [3.8, 4) is 5.75 Å². The van der Waals surface area contributed by atoms with Crippen molar-refractivity contribution in [2.75, 3.05) is 25.9 Å². The van der Waals surface area contributed by atoms with Gasteiger partial charge in [-0.05, 0) is 43.8 Å². The maximum absolute atomic E-state index is 5.80. The van der Waals surface area contributed by atoms with Crippen LogP contribution < -0.4 is 10.5 Å². The molecule has 0 saturated carbocycles. The molecule has 0 spiro atoms. The minimum atomic E-state index is 0.486. The van der Waals surface area contributed by atoms with Crippen LogP contribution in [0.1, 0.15) is 38.7 Å². The fraction of sp³-hybridized carbons (Fsp3) is 0.625. The Hall–Kier alpha value is -1.22. The Morgan fingerprint density at radius 1 is 1.26 bits per heavy atom. The first-order valence-electron chi connectivity index (χ1n) is 7.15. The van der Waals surface area contributed by atoms with E-state index in [-0.39, 0.29) is 0 Å². The second-order valence-electron chi connectivity index (χ2n) is 6.37. The Bertz CT molecular complexity index is 429. The third kappa shape index (κ3) is 3.87. The van der Waals surface area contributed by atoms with Gasteiger partial charge in [0.1, 0.15) is 5.75 Å². The number of likely N-dealkylation sites (tertiary alicyclic amines) is 1. The highest BCUT2D eigenvalue weighted by molar-refractivity contribution is 5.48. The second kappa shape index (κ2) is 5.83.